The zero-order valence-electron chi connectivity index (χ0n) is 8.90. The Bertz CT molecular complexity index is 356. The van der Waals surface area contributed by atoms with Crippen molar-refractivity contribution < 1.29 is 9.90 Å². The first-order chi connectivity index (χ1) is 7.18. The van der Waals surface area contributed by atoms with Crippen molar-refractivity contribution in [3.63, 3.8) is 0 Å². The minimum Gasteiger partial charge on any atom is -0.481 e. The molecule has 1 aromatic heterocycles. The van der Waals surface area contributed by atoms with E-state index in [0.717, 1.165) is 19.3 Å². The van der Waals surface area contributed by atoms with Gasteiger partial charge in [0.05, 0.1) is 5.92 Å². The third-order valence-corrected chi connectivity index (χ3v) is 4.34. The molecular formula is C12H16O2S. The molecule has 0 bridgehead atoms. The molecule has 1 aromatic rings. The summed E-state index contributed by atoms with van der Waals surface area (Å²) in [6, 6.07) is 4.19. The molecule has 1 aliphatic carbocycles. The molecule has 2 rings (SSSR count). The van der Waals surface area contributed by atoms with Crippen molar-refractivity contribution in [2.75, 3.05) is 0 Å². The van der Waals surface area contributed by atoms with Crippen LogP contribution in [0.25, 0.3) is 0 Å². The van der Waals surface area contributed by atoms with Crippen LogP contribution in [0.2, 0.25) is 0 Å². The number of carboxylic acids is 1. The lowest BCUT2D eigenvalue weighted by Gasteiger charge is -2.27. The summed E-state index contributed by atoms with van der Waals surface area (Å²) in [7, 11) is 0. The second kappa shape index (κ2) is 4.35. The van der Waals surface area contributed by atoms with Crippen LogP contribution in [0.3, 0.4) is 0 Å². The van der Waals surface area contributed by atoms with E-state index in [1.807, 2.05) is 0 Å². The van der Waals surface area contributed by atoms with Gasteiger partial charge in [-0.15, -0.1) is 11.3 Å². The Kier molecular flexibility index (Phi) is 3.10. The van der Waals surface area contributed by atoms with Gasteiger partial charge in [-0.3, -0.25) is 4.79 Å². The first-order valence-electron chi connectivity index (χ1n) is 5.47. The SMILES string of the molecule is Cc1ccc(C2CCCCC2C(=O)O)s1. The van der Waals surface area contributed by atoms with Crippen molar-refractivity contribution in [2.24, 2.45) is 5.92 Å². The van der Waals surface area contributed by atoms with Crippen LogP contribution in [-0.2, 0) is 4.79 Å². The Balaban J connectivity index is 2.21. The Hall–Kier alpha value is -0.830. The summed E-state index contributed by atoms with van der Waals surface area (Å²) in [4.78, 5) is 13.7. The summed E-state index contributed by atoms with van der Waals surface area (Å²) in [6.07, 6.45) is 4.12. The average molecular weight is 224 g/mol. The van der Waals surface area contributed by atoms with Gasteiger partial charge in [-0.1, -0.05) is 12.8 Å². The molecule has 1 fully saturated rings. The van der Waals surface area contributed by atoms with Gasteiger partial charge in [-0.25, -0.2) is 0 Å². The summed E-state index contributed by atoms with van der Waals surface area (Å²) >= 11 is 1.75. The lowest BCUT2D eigenvalue weighted by molar-refractivity contribution is -0.143. The van der Waals surface area contributed by atoms with Gasteiger partial charge >= 0.3 is 5.97 Å². The second-order valence-electron chi connectivity index (χ2n) is 4.28. The minimum atomic E-state index is -0.620. The van der Waals surface area contributed by atoms with E-state index in [9.17, 15) is 9.90 Å². The third kappa shape index (κ3) is 2.23. The van der Waals surface area contributed by atoms with E-state index in [4.69, 9.17) is 0 Å². The minimum absolute atomic E-state index is 0.156. The summed E-state index contributed by atoms with van der Waals surface area (Å²) < 4.78 is 0. The van der Waals surface area contributed by atoms with Gasteiger partial charge in [0.25, 0.3) is 0 Å². The van der Waals surface area contributed by atoms with Gasteiger partial charge in [-0.05, 0) is 31.9 Å². The van der Waals surface area contributed by atoms with E-state index >= 15 is 0 Å². The number of carboxylic acid groups (broad SMARTS) is 1. The molecule has 1 heterocycles. The molecule has 0 aliphatic heterocycles. The maximum atomic E-state index is 11.1. The first kappa shape index (κ1) is 10.7. The molecule has 82 valence electrons. The number of aliphatic carboxylic acids is 1. The average Bonchev–Trinajstić information content (AvgIpc) is 2.65. The highest BCUT2D eigenvalue weighted by Gasteiger charge is 2.32. The van der Waals surface area contributed by atoms with E-state index in [0.29, 0.717) is 0 Å². The molecule has 1 N–H and O–H groups in total. The van der Waals surface area contributed by atoms with Gasteiger partial charge in [0.1, 0.15) is 0 Å². The number of thiophene rings is 1. The Morgan fingerprint density at radius 3 is 2.73 bits per heavy atom. The van der Waals surface area contributed by atoms with Gasteiger partial charge in [0.15, 0.2) is 0 Å². The predicted molar refractivity (Wildman–Crippen MR) is 61.4 cm³/mol. The number of hydrogen-bond acceptors (Lipinski definition) is 2. The molecule has 15 heavy (non-hydrogen) atoms. The normalized spacial score (nSPS) is 26.5. The smallest absolute Gasteiger partial charge is 0.307 e. The van der Waals surface area contributed by atoms with E-state index < -0.39 is 5.97 Å². The van der Waals surface area contributed by atoms with Crippen LogP contribution in [0.5, 0.6) is 0 Å². The van der Waals surface area contributed by atoms with Crippen molar-refractivity contribution >= 4 is 17.3 Å². The van der Waals surface area contributed by atoms with Crippen molar-refractivity contribution in [1.82, 2.24) is 0 Å². The Morgan fingerprint density at radius 1 is 1.40 bits per heavy atom. The van der Waals surface area contributed by atoms with Crippen LogP contribution in [-0.4, -0.2) is 11.1 Å². The zero-order valence-corrected chi connectivity index (χ0v) is 9.72. The van der Waals surface area contributed by atoms with Crippen LogP contribution in [0, 0.1) is 12.8 Å². The van der Waals surface area contributed by atoms with Gasteiger partial charge in [0, 0.05) is 15.7 Å². The largest absolute Gasteiger partial charge is 0.481 e. The lowest BCUT2D eigenvalue weighted by atomic mass is 9.78. The highest BCUT2D eigenvalue weighted by molar-refractivity contribution is 7.12. The highest BCUT2D eigenvalue weighted by atomic mass is 32.1. The molecule has 0 spiro atoms. The fourth-order valence-electron chi connectivity index (χ4n) is 2.42. The highest BCUT2D eigenvalue weighted by Crippen LogP contribution is 2.40. The van der Waals surface area contributed by atoms with Crippen molar-refractivity contribution in [1.29, 1.82) is 0 Å². The molecule has 0 radical (unpaired) electrons. The van der Waals surface area contributed by atoms with E-state index in [1.54, 1.807) is 11.3 Å². The fraction of sp³-hybridized carbons (Fsp3) is 0.583. The number of aryl methyl sites for hydroxylation is 1. The van der Waals surface area contributed by atoms with Crippen LogP contribution in [0.4, 0.5) is 0 Å². The van der Waals surface area contributed by atoms with Crippen molar-refractivity contribution in [2.45, 2.75) is 38.5 Å². The lowest BCUT2D eigenvalue weighted by Crippen LogP contribution is -2.24. The molecule has 1 aliphatic rings. The Morgan fingerprint density at radius 2 is 2.13 bits per heavy atom. The van der Waals surface area contributed by atoms with Gasteiger partial charge in [-0.2, -0.15) is 0 Å². The van der Waals surface area contributed by atoms with Crippen molar-refractivity contribution in [3.8, 4) is 0 Å². The quantitative estimate of drug-likeness (QED) is 0.835. The first-order valence-corrected chi connectivity index (χ1v) is 6.29. The molecule has 2 nitrogen and oxygen atoms in total. The molecule has 0 saturated heterocycles. The maximum Gasteiger partial charge on any atom is 0.307 e. The third-order valence-electron chi connectivity index (χ3n) is 3.21. The molecule has 3 heteroatoms. The summed E-state index contributed by atoms with van der Waals surface area (Å²) in [5, 5.41) is 9.18. The topological polar surface area (TPSA) is 37.3 Å². The van der Waals surface area contributed by atoms with Crippen LogP contribution in [0.15, 0.2) is 12.1 Å². The van der Waals surface area contributed by atoms with Crippen molar-refractivity contribution in [3.05, 3.63) is 21.9 Å². The molecule has 0 amide bonds. The number of carbonyl (C=O) groups is 1. The number of rotatable bonds is 2. The summed E-state index contributed by atoms with van der Waals surface area (Å²) in [6.45, 7) is 2.08. The molecule has 0 aromatic carbocycles. The maximum absolute atomic E-state index is 11.1. The molecular weight excluding hydrogens is 208 g/mol. The van der Waals surface area contributed by atoms with Crippen LogP contribution < -0.4 is 0 Å². The van der Waals surface area contributed by atoms with E-state index in [1.165, 1.54) is 16.2 Å². The summed E-state index contributed by atoms with van der Waals surface area (Å²) in [5.41, 5.74) is 0. The summed E-state index contributed by atoms with van der Waals surface area (Å²) in [5.74, 6) is -0.516. The van der Waals surface area contributed by atoms with Gasteiger partial charge < -0.3 is 5.11 Å². The Labute approximate surface area is 93.9 Å². The van der Waals surface area contributed by atoms with Crippen LogP contribution in [0.1, 0.15) is 41.4 Å². The van der Waals surface area contributed by atoms with Gasteiger partial charge in [0.2, 0.25) is 0 Å². The van der Waals surface area contributed by atoms with Crippen LogP contribution >= 0.6 is 11.3 Å². The van der Waals surface area contributed by atoms with E-state index in [-0.39, 0.29) is 11.8 Å². The van der Waals surface area contributed by atoms with E-state index in [2.05, 4.69) is 19.1 Å². The monoisotopic (exact) mass is 224 g/mol. The zero-order chi connectivity index (χ0) is 10.8. The predicted octanol–water partition coefficient (Wildman–Crippen LogP) is 3.41. The fourth-order valence-corrected chi connectivity index (χ4v) is 3.50. The molecule has 2 unspecified atom stereocenters. The molecule has 1 saturated carbocycles. The second-order valence-corrected chi connectivity index (χ2v) is 5.60. The molecule has 2 atom stereocenters. The standard InChI is InChI=1S/C12H16O2S/c1-8-6-7-11(15-8)9-4-2-3-5-10(9)12(13)14/h6-7,9-10H,2-5H2,1H3,(H,13,14). The number of hydrogen-bond donors (Lipinski definition) is 1.